The second-order valence-corrected chi connectivity index (χ2v) is 4.36. The first-order chi connectivity index (χ1) is 9.19. The van der Waals surface area contributed by atoms with Crippen LogP contribution in [0.5, 0.6) is 17.4 Å². The average molecular weight is 279 g/mol. The van der Waals surface area contributed by atoms with Gasteiger partial charge in [-0.25, -0.2) is 4.98 Å². The fraction of sp³-hybridized carbons (Fsp3) is 0.286. The van der Waals surface area contributed by atoms with E-state index in [0.29, 0.717) is 35.0 Å². The third-order valence-corrected chi connectivity index (χ3v) is 2.50. The first-order valence-electron chi connectivity index (χ1n) is 6.10. The van der Waals surface area contributed by atoms with Crippen LogP contribution in [-0.2, 0) is 0 Å². The van der Waals surface area contributed by atoms with Gasteiger partial charge in [0.25, 0.3) is 0 Å². The predicted molar refractivity (Wildman–Crippen MR) is 74.1 cm³/mol. The van der Waals surface area contributed by atoms with Gasteiger partial charge in [0.05, 0.1) is 6.61 Å². The average Bonchev–Trinajstić information content (AvgIpc) is 2.36. The monoisotopic (exact) mass is 278 g/mol. The molecule has 0 aliphatic rings. The lowest BCUT2D eigenvalue weighted by atomic mass is 10.3. The van der Waals surface area contributed by atoms with Gasteiger partial charge in [0.1, 0.15) is 11.0 Å². The van der Waals surface area contributed by atoms with E-state index in [1.165, 1.54) is 0 Å². The maximum absolute atomic E-state index is 5.88. The third-order valence-electron chi connectivity index (χ3n) is 2.31. The highest BCUT2D eigenvalue weighted by Crippen LogP contribution is 2.31. The van der Waals surface area contributed by atoms with Crippen LogP contribution in [0.15, 0.2) is 30.3 Å². The van der Waals surface area contributed by atoms with Gasteiger partial charge in [-0.15, -0.1) is 0 Å². The van der Waals surface area contributed by atoms with Gasteiger partial charge in [0.2, 0.25) is 5.88 Å². The third kappa shape index (κ3) is 3.83. The topological polar surface area (TPSA) is 44.2 Å². The summed E-state index contributed by atoms with van der Waals surface area (Å²) in [6.45, 7) is 4.46. The van der Waals surface area contributed by atoms with Gasteiger partial charge in [-0.3, -0.25) is 0 Å². The van der Waals surface area contributed by atoms with Gasteiger partial charge in [0, 0.05) is 6.07 Å². The molecule has 1 aromatic carbocycles. The number of nitrogens with zero attached hydrogens (tertiary/aromatic N) is 2. The molecule has 0 aliphatic heterocycles. The van der Waals surface area contributed by atoms with E-state index >= 15 is 0 Å². The highest BCUT2D eigenvalue weighted by Gasteiger charge is 2.07. The van der Waals surface area contributed by atoms with E-state index in [-0.39, 0.29) is 0 Å². The summed E-state index contributed by atoms with van der Waals surface area (Å²) < 4.78 is 11.3. The van der Waals surface area contributed by atoms with Crippen LogP contribution in [0.25, 0.3) is 0 Å². The number of rotatable bonds is 5. The molecule has 0 bridgehead atoms. The lowest BCUT2D eigenvalue weighted by Crippen LogP contribution is -1.98. The number of halogens is 1. The minimum atomic E-state index is 0.356. The van der Waals surface area contributed by atoms with Crippen LogP contribution < -0.4 is 9.47 Å². The second-order valence-electron chi connectivity index (χ2n) is 3.97. The van der Waals surface area contributed by atoms with Crippen LogP contribution in [0, 0.1) is 6.92 Å². The molecule has 0 unspecified atom stereocenters. The van der Waals surface area contributed by atoms with Crippen LogP contribution in [0.2, 0.25) is 5.15 Å². The number of ether oxygens (including phenoxy) is 2. The van der Waals surface area contributed by atoms with Crippen LogP contribution in [-0.4, -0.2) is 16.6 Å². The zero-order valence-electron chi connectivity index (χ0n) is 10.9. The number of hydrogen-bond donors (Lipinski definition) is 0. The van der Waals surface area contributed by atoms with E-state index in [4.69, 9.17) is 21.1 Å². The van der Waals surface area contributed by atoms with Crippen molar-refractivity contribution in [1.29, 1.82) is 0 Å². The Labute approximate surface area is 117 Å². The lowest BCUT2D eigenvalue weighted by Gasteiger charge is -2.11. The lowest BCUT2D eigenvalue weighted by molar-refractivity contribution is 0.300. The summed E-state index contributed by atoms with van der Waals surface area (Å²) in [5.41, 5.74) is 0. The Hall–Kier alpha value is -1.81. The number of hydrogen-bond acceptors (Lipinski definition) is 4. The molecule has 4 nitrogen and oxygen atoms in total. The second kappa shape index (κ2) is 6.38. The molecule has 0 radical (unpaired) electrons. The molecule has 100 valence electrons. The van der Waals surface area contributed by atoms with Gasteiger partial charge in [0.15, 0.2) is 11.5 Å². The van der Waals surface area contributed by atoms with E-state index < -0.39 is 0 Å². The molecular formula is C14H15ClN2O2. The van der Waals surface area contributed by atoms with Crippen LogP contribution in [0.1, 0.15) is 19.2 Å². The van der Waals surface area contributed by atoms with Gasteiger partial charge in [-0.1, -0.05) is 30.7 Å². The van der Waals surface area contributed by atoms with E-state index in [9.17, 15) is 0 Å². The van der Waals surface area contributed by atoms with Crippen LogP contribution in [0.4, 0.5) is 0 Å². The molecule has 19 heavy (non-hydrogen) atoms. The van der Waals surface area contributed by atoms with E-state index in [1.54, 1.807) is 13.0 Å². The molecule has 0 spiro atoms. The van der Waals surface area contributed by atoms with E-state index in [1.807, 2.05) is 24.3 Å². The summed E-state index contributed by atoms with van der Waals surface area (Å²) in [5, 5.41) is 0.356. The van der Waals surface area contributed by atoms with Crippen molar-refractivity contribution >= 4 is 11.6 Å². The van der Waals surface area contributed by atoms with Crippen molar-refractivity contribution < 1.29 is 9.47 Å². The summed E-state index contributed by atoms with van der Waals surface area (Å²) in [7, 11) is 0. The summed E-state index contributed by atoms with van der Waals surface area (Å²) in [5.74, 6) is 2.28. The first kappa shape index (κ1) is 13.6. The minimum absolute atomic E-state index is 0.356. The smallest absolute Gasteiger partial charge is 0.224 e. The largest absolute Gasteiger partial charge is 0.490 e. The maximum atomic E-state index is 5.88. The zero-order chi connectivity index (χ0) is 13.7. The number of benzene rings is 1. The molecule has 0 atom stereocenters. The van der Waals surface area contributed by atoms with Crippen molar-refractivity contribution in [2.24, 2.45) is 0 Å². The summed E-state index contributed by atoms with van der Waals surface area (Å²) in [6, 6.07) is 9.04. The van der Waals surface area contributed by atoms with Crippen molar-refractivity contribution in [2.75, 3.05) is 6.61 Å². The summed E-state index contributed by atoms with van der Waals surface area (Å²) in [6.07, 6.45) is 0.937. The Kier molecular flexibility index (Phi) is 4.58. The Morgan fingerprint density at radius 3 is 2.58 bits per heavy atom. The van der Waals surface area contributed by atoms with Crippen LogP contribution >= 0.6 is 11.6 Å². The van der Waals surface area contributed by atoms with Gasteiger partial charge >= 0.3 is 0 Å². The maximum Gasteiger partial charge on any atom is 0.224 e. The highest BCUT2D eigenvalue weighted by molar-refractivity contribution is 6.29. The van der Waals surface area contributed by atoms with E-state index in [0.717, 1.165) is 6.42 Å². The zero-order valence-corrected chi connectivity index (χ0v) is 11.6. The Morgan fingerprint density at radius 2 is 1.89 bits per heavy atom. The van der Waals surface area contributed by atoms with Gasteiger partial charge in [-0.05, 0) is 25.5 Å². The Balaban J connectivity index is 2.22. The van der Waals surface area contributed by atoms with Crippen molar-refractivity contribution in [3.63, 3.8) is 0 Å². The van der Waals surface area contributed by atoms with E-state index in [2.05, 4.69) is 16.9 Å². The number of para-hydroxylation sites is 2. The molecule has 0 aliphatic carbocycles. The fourth-order valence-corrected chi connectivity index (χ4v) is 1.75. The SMILES string of the molecule is CCCOc1ccccc1Oc1cc(Cl)nc(C)n1. The quantitative estimate of drug-likeness (QED) is 0.775. The predicted octanol–water partition coefficient (Wildman–Crippen LogP) is 4.02. The van der Waals surface area contributed by atoms with Crippen molar-refractivity contribution in [3.8, 4) is 17.4 Å². The van der Waals surface area contributed by atoms with Crippen molar-refractivity contribution in [1.82, 2.24) is 9.97 Å². The summed E-state index contributed by atoms with van der Waals surface area (Å²) in [4.78, 5) is 8.17. The van der Waals surface area contributed by atoms with Gasteiger partial charge in [-0.2, -0.15) is 4.98 Å². The minimum Gasteiger partial charge on any atom is -0.490 e. The summed E-state index contributed by atoms with van der Waals surface area (Å²) >= 11 is 5.88. The molecule has 1 aromatic heterocycles. The fourth-order valence-electron chi connectivity index (χ4n) is 1.54. The molecule has 0 saturated heterocycles. The standard InChI is InChI=1S/C14H15ClN2O2/c1-3-8-18-11-6-4-5-7-12(11)19-14-9-13(15)16-10(2)17-14/h4-7,9H,3,8H2,1-2H3. The molecule has 2 rings (SSSR count). The Morgan fingerprint density at radius 1 is 1.16 bits per heavy atom. The van der Waals surface area contributed by atoms with Crippen molar-refractivity contribution in [3.05, 3.63) is 41.3 Å². The molecule has 0 amide bonds. The molecule has 0 N–H and O–H groups in total. The molecular weight excluding hydrogens is 264 g/mol. The first-order valence-corrected chi connectivity index (χ1v) is 6.47. The molecule has 2 aromatic rings. The Bertz CT molecular complexity index is 541. The van der Waals surface area contributed by atoms with Crippen molar-refractivity contribution in [2.45, 2.75) is 20.3 Å². The molecule has 5 heteroatoms. The molecule has 0 saturated carbocycles. The number of aryl methyl sites for hydroxylation is 1. The molecule has 0 fully saturated rings. The van der Waals surface area contributed by atoms with Crippen LogP contribution in [0.3, 0.4) is 0 Å². The highest BCUT2D eigenvalue weighted by atomic mass is 35.5. The normalized spacial score (nSPS) is 10.3. The van der Waals surface area contributed by atoms with Gasteiger partial charge < -0.3 is 9.47 Å². The molecule has 1 heterocycles. The number of aromatic nitrogens is 2.